The third-order valence-corrected chi connectivity index (χ3v) is 4.99. The molecule has 0 bridgehead atoms. The number of carbonyl (C=O) groups is 2. The van der Waals surface area contributed by atoms with Crippen molar-refractivity contribution in [2.75, 3.05) is 18.1 Å². The number of aromatic nitrogens is 1. The Labute approximate surface area is 158 Å². The van der Waals surface area contributed by atoms with E-state index in [4.69, 9.17) is 0 Å². The second-order valence-electron chi connectivity index (χ2n) is 6.21. The highest BCUT2D eigenvalue weighted by Gasteiger charge is 2.24. The molecule has 1 aliphatic rings. The highest BCUT2D eigenvalue weighted by Crippen LogP contribution is 2.22. The van der Waals surface area contributed by atoms with E-state index < -0.39 is 0 Å². The largest absolute Gasteiger partial charge is 0.351 e. The van der Waals surface area contributed by atoms with E-state index in [1.807, 2.05) is 18.2 Å². The predicted octanol–water partition coefficient (Wildman–Crippen LogP) is 3.12. The normalized spacial score (nSPS) is 13.3. The maximum atomic E-state index is 12.3. The average Bonchev–Trinajstić information content (AvgIpc) is 3.49. The molecule has 2 aromatic rings. The van der Waals surface area contributed by atoms with E-state index in [2.05, 4.69) is 22.5 Å². The number of carbonyl (C=O) groups excluding carboxylic acids is 2. The lowest BCUT2D eigenvalue weighted by molar-refractivity contribution is 0.0944. The van der Waals surface area contributed by atoms with E-state index in [1.54, 1.807) is 36.2 Å². The van der Waals surface area contributed by atoms with Crippen LogP contribution in [-0.2, 0) is 0 Å². The van der Waals surface area contributed by atoms with Crippen molar-refractivity contribution in [3.8, 4) is 11.3 Å². The van der Waals surface area contributed by atoms with Crippen molar-refractivity contribution >= 4 is 23.6 Å². The summed E-state index contributed by atoms with van der Waals surface area (Å²) in [5.41, 5.74) is 2.69. The molecule has 1 aromatic carbocycles. The minimum absolute atomic E-state index is 0.0709. The van der Waals surface area contributed by atoms with E-state index >= 15 is 0 Å². The Balaban J connectivity index is 1.71. The number of hydrogen-bond acceptors (Lipinski definition) is 4. The fourth-order valence-electron chi connectivity index (χ4n) is 2.53. The number of nitrogens with zero attached hydrogens (tertiary/aromatic N) is 1. The van der Waals surface area contributed by atoms with Gasteiger partial charge in [0, 0.05) is 41.2 Å². The Hall–Kier alpha value is -2.34. The van der Waals surface area contributed by atoms with Gasteiger partial charge in [-0.15, -0.1) is 0 Å². The molecule has 1 aliphatic carbocycles. The first-order chi connectivity index (χ1) is 12.7. The molecule has 2 amide bonds. The summed E-state index contributed by atoms with van der Waals surface area (Å²) >= 11 is 1.80. The molecule has 3 rings (SSSR count). The van der Waals surface area contributed by atoms with Gasteiger partial charge in [-0.1, -0.05) is 19.1 Å². The van der Waals surface area contributed by atoms with Crippen LogP contribution in [0, 0.1) is 0 Å². The van der Waals surface area contributed by atoms with E-state index in [0.29, 0.717) is 29.4 Å². The first-order valence-corrected chi connectivity index (χ1v) is 10.1. The fourth-order valence-corrected chi connectivity index (χ4v) is 3.06. The van der Waals surface area contributed by atoms with Gasteiger partial charge < -0.3 is 10.6 Å². The molecule has 0 spiro atoms. The summed E-state index contributed by atoms with van der Waals surface area (Å²) in [6.45, 7) is 2.75. The zero-order chi connectivity index (χ0) is 18.4. The molecule has 0 radical (unpaired) electrons. The summed E-state index contributed by atoms with van der Waals surface area (Å²) in [4.78, 5) is 28.9. The fraction of sp³-hybridized carbons (Fsp3) is 0.350. The van der Waals surface area contributed by atoms with E-state index in [1.165, 1.54) is 0 Å². The maximum Gasteiger partial charge on any atom is 0.251 e. The van der Waals surface area contributed by atoms with Gasteiger partial charge in [-0.05, 0) is 42.9 Å². The zero-order valence-corrected chi connectivity index (χ0v) is 15.6. The summed E-state index contributed by atoms with van der Waals surface area (Å²) < 4.78 is 0. The number of amides is 2. The van der Waals surface area contributed by atoms with Crippen LogP contribution in [0.2, 0.25) is 0 Å². The van der Waals surface area contributed by atoms with Crippen LogP contribution < -0.4 is 10.6 Å². The first kappa shape index (κ1) is 18.5. The topological polar surface area (TPSA) is 71.1 Å². The lowest BCUT2D eigenvalue weighted by atomic mass is 10.1. The lowest BCUT2D eigenvalue weighted by Crippen LogP contribution is -2.25. The second kappa shape index (κ2) is 8.85. The molecule has 1 heterocycles. The monoisotopic (exact) mass is 369 g/mol. The van der Waals surface area contributed by atoms with Crippen molar-refractivity contribution in [2.24, 2.45) is 0 Å². The Kier molecular flexibility index (Phi) is 6.28. The molecule has 26 heavy (non-hydrogen) atoms. The van der Waals surface area contributed by atoms with Crippen LogP contribution in [-0.4, -0.2) is 40.9 Å². The molecule has 0 saturated heterocycles. The van der Waals surface area contributed by atoms with Crippen LogP contribution in [0.4, 0.5) is 0 Å². The maximum absolute atomic E-state index is 12.3. The van der Waals surface area contributed by atoms with Crippen LogP contribution in [0.15, 0.2) is 42.6 Å². The molecule has 1 saturated carbocycles. The van der Waals surface area contributed by atoms with Gasteiger partial charge in [-0.2, -0.15) is 11.8 Å². The minimum Gasteiger partial charge on any atom is -0.351 e. The van der Waals surface area contributed by atoms with Gasteiger partial charge in [0.05, 0.1) is 5.69 Å². The summed E-state index contributed by atoms with van der Waals surface area (Å²) in [5.74, 6) is 1.79. The SMILES string of the molecule is CCSCCNC(=O)c1cccc(-c2cc(C(=O)NC3CC3)ccn2)c1. The summed E-state index contributed by atoms with van der Waals surface area (Å²) in [6, 6.07) is 11.1. The molecule has 136 valence electrons. The smallest absolute Gasteiger partial charge is 0.251 e. The third kappa shape index (κ3) is 5.08. The Morgan fingerprint density at radius 2 is 1.96 bits per heavy atom. The van der Waals surface area contributed by atoms with Crippen LogP contribution in [0.1, 0.15) is 40.5 Å². The van der Waals surface area contributed by atoms with E-state index in [9.17, 15) is 9.59 Å². The van der Waals surface area contributed by atoms with E-state index in [0.717, 1.165) is 29.9 Å². The Bertz CT molecular complexity index is 790. The molecule has 1 aromatic heterocycles. The van der Waals surface area contributed by atoms with Gasteiger partial charge in [0.2, 0.25) is 0 Å². The van der Waals surface area contributed by atoms with Gasteiger partial charge in [0.25, 0.3) is 11.8 Å². The minimum atomic E-state index is -0.0915. The van der Waals surface area contributed by atoms with E-state index in [-0.39, 0.29) is 11.8 Å². The van der Waals surface area contributed by atoms with Crippen molar-refractivity contribution in [3.63, 3.8) is 0 Å². The van der Waals surface area contributed by atoms with Crippen molar-refractivity contribution in [2.45, 2.75) is 25.8 Å². The number of thioether (sulfide) groups is 1. The number of benzene rings is 1. The van der Waals surface area contributed by atoms with Crippen LogP contribution in [0.25, 0.3) is 11.3 Å². The number of rotatable bonds is 8. The van der Waals surface area contributed by atoms with Crippen molar-refractivity contribution in [3.05, 3.63) is 53.7 Å². The molecule has 0 unspecified atom stereocenters. The molecular weight excluding hydrogens is 346 g/mol. The van der Waals surface area contributed by atoms with Crippen LogP contribution in [0.5, 0.6) is 0 Å². The molecule has 1 fully saturated rings. The molecule has 0 atom stereocenters. The average molecular weight is 369 g/mol. The van der Waals surface area contributed by atoms with Crippen molar-refractivity contribution in [1.29, 1.82) is 0 Å². The Morgan fingerprint density at radius 1 is 1.15 bits per heavy atom. The number of hydrogen-bond donors (Lipinski definition) is 2. The van der Waals surface area contributed by atoms with Gasteiger partial charge in [-0.3, -0.25) is 14.6 Å². The molecular formula is C20H23N3O2S. The molecule has 0 aliphatic heterocycles. The highest BCUT2D eigenvalue weighted by atomic mass is 32.2. The second-order valence-corrected chi connectivity index (χ2v) is 7.60. The standard InChI is InChI=1S/C20H23N3O2S/c1-2-26-11-10-22-19(24)15-5-3-4-14(12-15)18-13-16(8-9-21-18)20(25)23-17-6-7-17/h3-5,8-9,12-13,17H,2,6-7,10-11H2,1H3,(H,22,24)(H,23,25). The summed E-state index contributed by atoms with van der Waals surface area (Å²) in [7, 11) is 0. The van der Waals surface area contributed by atoms with Gasteiger partial charge in [-0.25, -0.2) is 0 Å². The lowest BCUT2D eigenvalue weighted by Gasteiger charge is -2.08. The van der Waals surface area contributed by atoms with Gasteiger partial charge in [0.1, 0.15) is 0 Å². The molecule has 2 N–H and O–H groups in total. The number of nitrogens with one attached hydrogen (secondary N) is 2. The van der Waals surface area contributed by atoms with Crippen molar-refractivity contribution < 1.29 is 9.59 Å². The van der Waals surface area contributed by atoms with Crippen LogP contribution in [0.3, 0.4) is 0 Å². The van der Waals surface area contributed by atoms with Crippen LogP contribution >= 0.6 is 11.8 Å². The zero-order valence-electron chi connectivity index (χ0n) is 14.8. The third-order valence-electron chi connectivity index (χ3n) is 4.09. The first-order valence-electron chi connectivity index (χ1n) is 8.90. The predicted molar refractivity (Wildman–Crippen MR) is 105 cm³/mol. The van der Waals surface area contributed by atoms with Gasteiger partial charge >= 0.3 is 0 Å². The summed E-state index contributed by atoms with van der Waals surface area (Å²) in [5, 5.41) is 5.91. The molecule has 5 nitrogen and oxygen atoms in total. The molecule has 6 heteroatoms. The Morgan fingerprint density at radius 3 is 2.73 bits per heavy atom. The highest BCUT2D eigenvalue weighted by molar-refractivity contribution is 7.99. The van der Waals surface area contributed by atoms with Crippen molar-refractivity contribution in [1.82, 2.24) is 15.6 Å². The van der Waals surface area contributed by atoms with Gasteiger partial charge in [0.15, 0.2) is 0 Å². The quantitative estimate of drug-likeness (QED) is 0.702. The number of pyridine rings is 1. The summed E-state index contributed by atoms with van der Waals surface area (Å²) in [6.07, 6.45) is 3.74.